The minimum absolute atomic E-state index is 0.0103. The zero-order chi connectivity index (χ0) is 21.2. The van der Waals surface area contributed by atoms with Crippen molar-refractivity contribution >= 4 is 23.0 Å². The third-order valence-corrected chi connectivity index (χ3v) is 6.30. The highest BCUT2D eigenvalue weighted by Crippen LogP contribution is 2.51. The first kappa shape index (κ1) is 18.6. The molecule has 150 valence electrons. The third-order valence-electron chi connectivity index (χ3n) is 6.30. The van der Waals surface area contributed by atoms with Crippen LogP contribution in [0.2, 0.25) is 0 Å². The summed E-state index contributed by atoms with van der Waals surface area (Å²) in [5.41, 5.74) is 4.02. The van der Waals surface area contributed by atoms with E-state index < -0.39 is 16.8 Å². The Morgan fingerprint density at radius 1 is 0.967 bits per heavy atom. The maximum absolute atomic E-state index is 13.4. The van der Waals surface area contributed by atoms with Crippen LogP contribution in [0.5, 0.6) is 0 Å². The number of carbonyl (C=O) groups is 2. The highest BCUT2D eigenvalue weighted by molar-refractivity contribution is 6.30. The molecule has 0 saturated heterocycles. The average Bonchev–Trinajstić information content (AvgIpc) is 2.98. The van der Waals surface area contributed by atoms with E-state index in [1.165, 1.54) is 12.1 Å². The Labute approximate surface area is 173 Å². The molecule has 2 aliphatic carbocycles. The Hall–Kier alpha value is -3.41. The van der Waals surface area contributed by atoms with E-state index in [0.717, 1.165) is 16.8 Å². The number of benzene rings is 2. The predicted molar refractivity (Wildman–Crippen MR) is 112 cm³/mol. The fraction of sp³-hybridized carbons (Fsp3) is 0.292. The summed E-state index contributed by atoms with van der Waals surface area (Å²) >= 11 is 0. The molecule has 0 spiro atoms. The molecule has 1 aliphatic heterocycles. The number of Topliss-reactive ketones (excluding diaryl/α,β-unsaturated/α-hetero) is 2. The van der Waals surface area contributed by atoms with E-state index in [-0.39, 0.29) is 22.7 Å². The van der Waals surface area contributed by atoms with E-state index in [1.54, 1.807) is 18.2 Å². The second kappa shape index (κ2) is 6.29. The van der Waals surface area contributed by atoms with Gasteiger partial charge in [0.2, 0.25) is 0 Å². The fourth-order valence-corrected chi connectivity index (χ4v) is 5.05. The van der Waals surface area contributed by atoms with Crippen LogP contribution in [0, 0.1) is 21.4 Å². The molecule has 0 bridgehead atoms. The molecular formula is C24H20N2O4. The molecule has 5 rings (SSSR count). The van der Waals surface area contributed by atoms with Gasteiger partial charge in [-0.05, 0) is 17.4 Å². The van der Waals surface area contributed by atoms with Gasteiger partial charge in [0.25, 0.3) is 5.69 Å². The monoisotopic (exact) mass is 400 g/mol. The van der Waals surface area contributed by atoms with Gasteiger partial charge in [-0.3, -0.25) is 24.7 Å². The number of rotatable bonds is 2. The highest BCUT2D eigenvalue weighted by Gasteiger charge is 2.50. The summed E-state index contributed by atoms with van der Waals surface area (Å²) < 4.78 is 0. The predicted octanol–water partition coefficient (Wildman–Crippen LogP) is 4.64. The summed E-state index contributed by atoms with van der Waals surface area (Å²) in [7, 11) is 0. The molecule has 0 fully saturated rings. The molecule has 3 aliphatic rings. The number of ketones is 2. The standard InChI is InChI=1S/C24H20N2O4/c1-24(2)11-17-20(18(27)12-24)19(13-7-9-14(10-8-13)26(29)30)21-22(25-17)15-5-3-4-6-16(15)23(21)28/h3-10,19,21H,11-12H2,1-2H3. The lowest BCUT2D eigenvalue weighted by molar-refractivity contribution is -0.384. The number of nitro groups is 1. The summed E-state index contributed by atoms with van der Waals surface area (Å²) in [4.78, 5) is 42.1. The number of hydrogen-bond donors (Lipinski definition) is 0. The number of carbonyl (C=O) groups excluding carboxylic acids is 2. The first-order valence-electron chi connectivity index (χ1n) is 10.00. The van der Waals surface area contributed by atoms with Crippen LogP contribution in [0.3, 0.4) is 0 Å². The molecule has 6 nitrogen and oxygen atoms in total. The fourth-order valence-electron chi connectivity index (χ4n) is 5.05. The summed E-state index contributed by atoms with van der Waals surface area (Å²) in [6.07, 6.45) is 1.05. The Kier molecular flexibility index (Phi) is 3.90. The third kappa shape index (κ3) is 2.67. The van der Waals surface area contributed by atoms with E-state index in [4.69, 9.17) is 4.99 Å². The summed E-state index contributed by atoms with van der Waals surface area (Å²) in [5.74, 6) is -1.09. The van der Waals surface area contributed by atoms with Gasteiger partial charge in [0.1, 0.15) is 0 Å². The topological polar surface area (TPSA) is 89.6 Å². The van der Waals surface area contributed by atoms with Crippen LogP contribution in [0.25, 0.3) is 0 Å². The SMILES string of the molecule is CC1(C)CC(=O)C2=C(C1)N=C1c3ccccc3C(=O)C1C2c1ccc([N+](=O)[O-])cc1. The van der Waals surface area contributed by atoms with Crippen molar-refractivity contribution in [1.82, 2.24) is 0 Å². The van der Waals surface area contributed by atoms with Gasteiger partial charge in [-0.2, -0.15) is 0 Å². The molecule has 2 aromatic rings. The number of nitro benzene ring substituents is 1. The number of allylic oxidation sites excluding steroid dienone is 2. The van der Waals surface area contributed by atoms with E-state index in [1.807, 2.05) is 18.2 Å². The molecule has 2 unspecified atom stereocenters. The number of fused-ring (bicyclic) bond motifs is 3. The maximum atomic E-state index is 13.4. The largest absolute Gasteiger partial charge is 0.294 e. The Morgan fingerprint density at radius 2 is 1.63 bits per heavy atom. The van der Waals surface area contributed by atoms with Crippen LogP contribution in [0.15, 0.2) is 64.8 Å². The lowest BCUT2D eigenvalue weighted by Gasteiger charge is -2.38. The smallest absolute Gasteiger partial charge is 0.269 e. The molecule has 1 heterocycles. The molecule has 2 atom stereocenters. The van der Waals surface area contributed by atoms with Gasteiger partial charge >= 0.3 is 0 Å². The van der Waals surface area contributed by atoms with Crippen molar-refractivity contribution < 1.29 is 14.5 Å². The van der Waals surface area contributed by atoms with E-state index in [2.05, 4.69) is 13.8 Å². The number of non-ortho nitro benzene ring substituents is 1. The molecule has 6 heteroatoms. The first-order chi connectivity index (χ1) is 14.3. The van der Waals surface area contributed by atoms with Gasteiger partial charge in [0, 0.05) is 46.9 Å². The van der Waals surface area contributed by atoms with Crippen molar-refractivity contribution in [3.05, 3.63) is 86.6 Å². The second-order valence-corrected chi connectivity index (χ2v) is 9.01. The van der Waals surface area contributed by atoms with Crippen LogP contribution in [0.4, 0.5) is 5.69 Å². The van der Waals surface area contributed by atoms with Crippen molar-refractivity contribution in [1.29, 1.82) is 0 Å². The van der Waals surface area contributed by atoms with Crippen molar-refractivity contribution in [3.8, 4) is 0 Å². The van der Waals surface area contributed by atoms with Gasteiger partial charge in [0.15, 0.2) is 11.6 Å². The molecule has 30 heavy (non-hydrogen) atoms. The zero-order valence-corrected chi connectivity index (χ0v) is 16.7. The Balaban J connectivity index is 1.73. The van der Waals surface area contributed by atoms with Crippen molar-refractivity contribution in [2.45, 2.75) is 32.6 Å². The zero-order valence-electron chi connectivity index (χ0n) is 16.7. The highest BCUT2D eigenvalue weighted by atomic mass is 16.6. The number of aliphatic imine (C=N–C) groups is 1. The van der Waals surface area contributed by atoms with Gasteiger partial charge in [-0.1, -0.05) is 50.2 Å². The van der Waals surface area contributed by atoms with E-state index in [9.17, 15) is 19.7 Å². The summed E-state index contributed by atoms with van der Waals surface area (Å²) in [5, 5.41) is 11.1. The van der Waals surface area contributed by atoms with Gasteiger partial charge in [0.05, 0.1) is 16.6 Å². The first-order valence-corrected chi connectivity index (χ1v) is 10.00. The van der Waals surface area contributed by atoms with Gasteiger partial charge in [-0.15, -0.1) is 0 Å². The Bertz CT molecular complexity index is 1190. The number of nitrogens with zero attached hydrogens (tertiary/aromatic N) is 2. The lowest BCUT2D eigenvalue weighted by atomic mass is 9.66. The lowest BCUT2D eigenvalue weighted by Crippen LogP contribution is -2.37. The Morgan fingerprint density at radius 3 is 2.30 bits per heavy atom. The maximum Gasteiger partial charge on any atom is 0.269 e. The van der Waals surface area contributed by atoms with Crippen molar-refractivity contribution in [3.63, 3.8) is 0 Å². The van der Waals surface area contributed by atoms with Crippen LogP contribution in [-0.2, 0) is 4.79 Å². The van der Waals surface area contributed by atoms with E-state index in [0.29, 0.717) is 29.7 Å². The van der Waals surface area contributed by atoms with Crippen LogP contribution >= 0.6 is 0 Å². The molecule has 0 amide bonds. The van der Waals surface area contributed by atoms with Crippen molar-refractivity contribution in [2.24, 2.45) is 16.3 Å². The summed E-state index contributed by atoms with van der Waals surface area (Å²) in [6, 6.07) is 13.6. The normalized spacial score (nSPS) is 24.1. The summed E-state index contributed by atoms with van der Waals surface area (Å²) in [6.45, 7) is 4.10. The van der Waals surface area contributed by atoms with Gasteiger partial charge in [-0.25, -0.2) is 0 Å². The molecular weight excluding hydrogens is 380 g/mol. The minimum atomic E-state index is -0.576. The molecule has 2 aromatic carbocycles. The second-order valence-electron chi connectivity index (χ2n) is 9.01. The molecule has 0 aromatic heterocycles. The molecule has 0 N–H and O–H groups in total. The van der Waals surface area contributed by atoms with Gasteiger partial charge < -0.3 is 0 Å². The van der Waals surface area contributed by atoms with Crippen LogP contribution in [-0.4, -0.2) is 22.2 Å². The quantitative estimate of drug-likeness (QED) is 0.543. The van der Waals surface area contributed by atoms with Crippen LogP contribution in [0.1, 0.15) is 54.1 Å². The average molecular weight is 400 g/mol. The minimum Gasteiger partial charge on any atom is -0.294 e. The van der Waals surface area contributed by atoms with Crippen molar-refractivity contribution in [2.75, 3.05) is 0 Å². The molecule has 0 radical (unpaired) electrons. The molecule has 0 saturated carbocycles. The van der Waals surface area contributed by atoms with E-state index >= 15 is 0 Å². The van der Waals surface area contributed by atoms with Crippen LogP contribution < -0.4 is 0 Å². The number of hydrogen-bond acceptors (Lipinski definition) is 5.